The molecule has 0 saturated heterocycles. The van der Waals surface area contributed by atoms with Crippen molar-refractivity contribution in [3.63, 3.8) is 0 Å². The van der Waals surface area contributed by atoms with Crippen molar-refractivity contribution in [1.29, 1.82) is 0 Å². The highest BCUT2D eigenvalue weighted by molar-refractivity contribution is 5.80. The van der Waals surface area contributed by atoms with Crippen molar-refractivity contribution < 1.29 is 0 Å². The number of nitrogens with one attached hydrogen (secondary N) is 2. The summed E-state index contributed by atoms with van der Waals surface area (Å²) in [4.78, 5) is 9.11. The van der Waals surface area contributed by atoms with Gasteiger partial charge >= 0.3 is 0 Å². The minimum absolute atomic E-state index is 0.648. The number of aryl methyl sites for hydroxylation is 2. The summed E-state index contributed by atoms with van der Waals surface area (Å²) < 4.78 is 0. The summed E-state index contributed by atoms with van der Waals surface area (Å²) in [6, 6.07) is 16.5. The van der Waals surface area contributed by atoms with E-state index in [-0.39, 0.29) is 0 Å². The smallest absolute Gasteiger partial charge is 0.180 e. The molecular formula is C22H24N8. The molecule has 4 rings (SSSR count). The Labute approximate surface area is 175 Å². The lowest BCUT2D eigenvalue weighted by Gasteiger charge is -2.14. The van der Waals surface area contributed by atoms with Crippen molar-refractivity contribution >= 4 is 5.82 Å². The molecule has 2 heterocycles. The van der Waals surface area contributed by atoms with E-state index in [0.29, 0.717) is 18.1 Å². The number of aromatic amines is 1. The van der Waals surface area contributed by atoms with E-state index >= 15 is 0 Å². The lowest BCUT2D eigenvalue weighted by Crippen LogP contribution is -2.15. The Morgan fingerprint density at radius 3 is 2.43 bits per heavy atom. The number of nitrogen functional groups attached to an aromatic ring is 1. The van der Waals surface area contributed by atoms with Crippen molar-refractivity contribution in [2.24, 2.45) is 5.84 Å². The number of tetrazole rings is 1. The molecule has 0 aliphatic carbocycles. The molecule has 0 radical (unpaired) electrons. The van der Waals surface area contributed by atoms with E-state index < -0.39 is 0 Å². The molecule has 152 valence electrons. The minimum Gasteiger partial charge on any atom is -0.308 e. The average Bonchev–Trinajstić information content (AvgIpc) is 3.31. The summed E-state index contributed by atoms with van der Waals surface area (Å²) in [5.74, 6) is 7.81. The van der Waals surface area contributed by atoms with Crippen LogP contribution in [0.5, 0.6) is 0 Å². The van der Waals surface area contributed by atoms with Crippen LogP contribution in [0.4, 0.5) is 5.82 Å². The van der Waals surface area contributed by atoms with E-state index in [1.54, 1.807) is 0 Å². The number of hydrogen-bond donors (Lipinski definition) is 3. The molecule has 2 aromatic heterocycles. The van der Waals surface area contributed by atoms with Crippen LogP contribution in [0.1, 0.15) is 36.0 Å². The number of benzene rings is 2. The quantitative estimate of drug-likeness (QED) is 0.321. The topological polar surface area (TPSA) is 118 Å². The van der Waals surface area contributed by atoms with Crippen molar-refractivity contribution in [2.45, 2.75) is 33.1 Å². The van der Waals surface area contributed by atoms with Gasteiger partial charge in [0.25, 0.3) is 0 Å². The molecule has 0 unspecified atom stereocenters. The molecule has 0 fully saturated rings. The Morgan fingerprint density at radius 2 is 1.77 bits per heavy atom. The lowest BCUT2D eigenvalue weighted by molar-refractivity contribution is 0.833. The number of nitrogens with zero attached hydrogens (tertiary/aromatic N) is 5. The van der Waals surface area contributed by atoms with E-state index in [4.69, 9.17) is 5.84 Å². The van der Waals surface area contributed by atoms with Gasteiger partial charge in [0.05, 0.1) is 0 Å². The Bertz CT molecular complexity index is 1120. The Kier molecular flexibility index (Phi) is 5.76. The first-order chi connectivity index (χ1) is 14.7. The summed E-state index contributed by atoms with van der Waals surface area (Å²) in [5.41, 5.74) is 9.12. The van der Waals surface area contributed by atoms with E-state index in [1.807, 2.05) is 25.1 Å². The number of nitrogens with two attached hydrogens (primary N) is 1. The van der Waals surface area contributed by atoms with Gasteiger partial charge in [-0.25, -0.2) is 20.9 Å². The molecule has 8 heteroatoms. The second-order valence-electron chi connectivity index (χ2n) is 7.11. The molecule has 4 aromatic rings. The van der Waals surface area contributed by atoms with Crippen LogP contribution in [-0.2, 0) is 12.8 Å². The molecule has 4 N–H and O–H groups in total. The van der Waals surface area contributed by atoms with E-state index in [2.05, 4.69) is 73.3 Å². The van der Waals surface area contributed by atoms with Gasteiger partial charge in [-0.3, -0.25) is 0 Å². The third-order valence-corrected chi connectivity index (χ3v) is 5.00. The van der Waals surface area contributed by atoms with Gasteiger partial charge in [0.15, 0.2) is 5.82 Å². The SMILES string of the molecule is CCCc1nc(C)nc(NN)c1Cc1ccc(-c2ccccc2-c2nnn[nH]2)cc1. The third kappa shape index (κ3) is 4.04. The minimum atomic E-state index is 0.648. The van der Waals surface area contributed by atoms with Crippen molar-refractivity contribution in [2.75, 3.05) is 5.43 Å². The van der Waals surface area contributed by atoms with Gasteiger partial charge in [-0.05, 0) is 40.5 Å². The molecule has 0 aliphatic rings. The lowest BCUT2D eigenvalue weighted by atomic mass is 9.96. The number of rotatable bonds is 7. The van der Waals surface area contributed by atoms with Crippen LogP contribution in [0, 0.1) is 6.92 Å². The monoisotopic (exact) mass is 400 g/mol. The van der Waals surface area contributed by atoms with E-state index in [1.165, 1.54) is 5.56 Å². The van der Waals surface area contributed by atoms with Crippen LogP contribution in [-0.4, -0.2) is 30.6 Å². The van der Waals surface area contributed by atoms with Crippen LogP contribution in [0.2, 0.25) is 0 Å². The second kappa shape index (κ2) is 8.79. The fourth-order valence-electron chi connectivity index (χ4n) is 3.62. The predicted octanol–water partition coefficient (Wildman–Crippen LogP) is 3.46. The zero-order valence-electron chi connectivity index (χ0n) is 17.1. The number of anilines is 1. The van der Waals surface area contributed by atoms with Crippen LogP contribution in [0.15, 0.2) is 48.5 Å². The first-order valence-electron chi connectivity index (χ1n) is 9.95. The van der Waals surface area contributed by atoms with Gasteiger partial charge in [-0.1, -0.05) is 61.9 Å². The fourth-order valence-corrected chi connectivity index (χ4v) is 3.62. The molecule has 0 amide bonds. The summed E-state index contributed by atoms with van der Waals surface area (Å²) in [5, 5.41) is 14.3. The van der Waals surface area contributed by atoms with Gasteiger partial charge in [0.1, 0.15) is 11.6 Å². The highest BCUT2D eigenvalue weighted by Gasteiger charge is 2.14. The maximum absolute atomic E-state index is 5.74. The largest absolute Gasteiger partial charge is 0.308 e. The average molecular weight is 400 g/mol. The van der Waals surface area contributed by atoms with E-state index in [0.717, 1.165) is 46.6 Å². The van der Waals surface area contributed by atoms with Crippen LogP contribution in [0.25, 0.3) is 22.5 Å². The molecule has 2 aromatic carbocycles. The van der Waals surface area contributed by atoms with Crippen LogP contribution in [0.3, 0.4) is 0 Å². The highest BCUT2D eigenvalue weighted by atomic mass is 15.5. The van der Waals surface area contributed by atoms with Crippen LogP contribution >= 0.6 is 0 Å². The molecular weight excluding hydrogens is 376 g/mol. The molecule has 30 heavy (non-hydrogen) atoms. The molecule has 0 aliphatic heterocycles. The Hall–Kier alpha value is -3.65. The summed E-state index contributed by atoms with van der Waals surface area (Å²) in [6.45, 7) is 4.03. The highest BCUT2D eigenvalue weighted by Crippen LogP contribution is 2.30. The zero-order chi connectivity index (χ0) is 20.9. The maximum atomic E-state index is 5.74. The van der Waals surface area contributed by atoms with Gasteiger partial charge in [0.2, 0.25) is 0 Å². The maximum Gasteiger partial charge on any atom is 0.180 e. The van der Waals surface area contributed by atoms with Gasteiger partial charge < -0.3 is 5.43 Å². The van der Waals surface area contributed by atoms with Gasteiger partial charge in [-0.2, -0.15) is 0 Å². The molecule has 0 spiro atoms. The first-order valence-corrected chi connectivity index (χ1v) is 9.95. The molecule has 8 nitrogen and oxygen atoms in total. The number of hydrogen-bond acceptors (Lipinski definition) is 7. The third-order valence-electron chi connectivity index (χ3n) is 5.00. The van der Waals surface area contributed by atoms with E-state index in [9.17, 15) is 0 Å². The summed E-state index contributed by atoms with van der Waals surface area (Å²) in [7, 11) is 0. The van der Waals surface area contributed by atoms with Crippen molar-refractivity contribution in [3.8, 4) is 22.5 Å². The number of hydrazine groups is 1. The Morgan fingerprint density at radius 1 is 1.00 bits per heavy atom. The molecule has 0 atom stereocenters. The Balaban J connectivity index is 1.65. The van der Waals surface area contributed by atoms with Crippen molar-refractivity contribution in [3.05, 3.63) is 71.2 Å². The zero-order valence-corrected chi connectivity index (χ0v) is 17.1. The summed E-state index contributed by atoms with van der Waals surface area (Å²) in [6.07, 6.45) is 2.62. The van der Waals surface area contributed by atoms with Crippen LogP contribution < -0.4 is 11.3 Å². The number of aromatic nitrogens is 6. The molecule has 0 saturated carbocycles. The molecule has 0 bridgehead atoms. The van der Waals surface area contributed by atoms with Crippen molar-refractivity contribution in [1.82, 2.24) is 30.6 Å². The number of H-pyrrole nitrogens is 1. The summed E-state index contributed by atoms with van der Waals surface area (Å²) >= 11 is 0. The predicted molar refractivity (Wildman–Crippen MR) is 116 cm³/mol. The fraction of sp³-hybridized carbons (Fsp3) is 0.227. The normalized spacial score (nSPS) is 10.9. The van der Waals surface area contributed by atoms with Gasteiger partial charge in [0, 0.05) is 23.2 Å². The van der Waals surface area contributed by atoms with Gasteiger partial charge in [-0.15, -0.1) is 5.10 Å². The first kappa shape index (κ1) is 19.7. The standard InChI is InChI=1S/C22H24N8/c1-3-6-20-19(21(26-23)25-14(2)24-20)13-15-9-11-16(12-10-15)17-7-4-5-8-18(17)22-27-29-30-28-22/h4-5,7-12H,3,6,13,23H2,1-2H3,(H,24,25,26)(H,27,28,29,30). The second-order valence-corrected chi connectivity index (χ2v) is 7.11.